The lowest BCUT2D eigenvalue weighted by Crippen LogP contribution is -2.33. The SMILES string of the molecule is CCCCCCC/C=C/C(=O)OCC(C)(C)CN(C)C. The second-order valence-corrected chi connectivity index (χ2v) is 6.61. The van der Waals surface area contributed by atoms with Gasteiger partial charge in [-0.1, -0.05) is 52.5 Å². The lowest BCUT2D eigenvalue weighted by molar-refractivity contribution is -0.141. The minimum absolute atomic E-state index is 0.00679. The summed E-state index contributed by atoms with van der Waals surface area (Å²) >= 11 is 0. The molecule has 0 aliphatic carbocycles. The number of unbranched alkanes of at least 4 members (excludes halogenated alkanes) is 5. The molecule has 0 atom stereocenters. The van der Waals surface area contributed by atoms with E-state index in [-0.39, 0.29) is 11.4 Å². The van der Waals surface area contributed by atoms with E-state index in [1.54, 1.807) is 6.08 Å². The highest BCUT2D eigenvalue weighted by molar-refractivity contribution is 5.81. The van der Waals surface area contributed by atoms with Gasteiger partial charge in [-0.3, -0.25) is 0 Å². The Labute approximate surface area is 125 Å². The van der Waals surface area contributed by atoms with Gasteiger partial charge in [0.2, 0.25) is 0 Å². The van der Waals surface area contributed by atoms with Gasteiger partial charge in [-0.2, -0.15) is 0 Å². The summed E-state index contributed by atoms with van der Waals surface area (Å²) in [6, 6.07) is 0. The molecule has 0 heterocycles. The third kappa shape index (κ3) is 12.2. The Hall–Kier alpha value is -0.830. The minimum Gasteiger partial charge on any atom is -0.462 e. The Morgan fingerprint density at radius 2 is 1.80 bits per heavy atom. The zero-order valence-corrected chi connectivity index (χ0v) is 14.1. The summed E-state index contributed by atoms with van der Waals surface area (Å²) < 4.78 is 5.30. The van der Waals surface area contributed by atoms with E-state index in [2.05, 4.69) is 25.7 Å². The Morgan fingerprint density at radius 3 is 2.40 bits per heavy atom. The van der Waals surface area contributed by atoms with E-state index >= 15 is 0 Å². The number of allylic oxidation sites excluding steroid dienone is 1. The molecule has 20 heavy (non-hydrogen) atoms. The lowest BCUT2D eigenvalue weighted by Gasteiger charge is -2.27. The molecule has 118 valence electrons. The van der Waals surface area contributed by atoms with Crippen LogP contribution in [0.1, 0.15) is 59.3 Å². The van der Waals surface area contributed by atoms with Crippen molar-refractivity contribution in [2.24, 2.45) is 5.41 Å². The van der Waals surface area contributed by atoms with Crippen molar-refractivity contribution in [2.45, 2.75) is 59.3 Å². The maximum Gasteiger partial charge on any atom is 0.330 e. The Morgan fingerprint density at radius 1 is 1.15 bits per heavy atom. The van der Waals surface area contributed by atoms with E-state index < -0.39 is 0 Å². The zero-order chi connectivity index (χ0) is 15.4. The summed E-state index contributed by atoms with van der Waals surface area (Å²) in [5.74, 6) is -0.217. The fourth-order valence-electron chi connectivity index (χ4n) is 2.26. The fourth-order valence-corrected chi connectivity index (χ4v) is 2.26. The smallest absolute Gasteiger partial charge is 0.330 e. The van der Waals surface area contributed by atoms with Gasteiger partial charge in [-0.05, 0) is 26.9 Å². The van der Waals surface area contributed by atoms with Gasteiger partial charge in [0.15, 0.2) is 0 Å². The molecule has 0 fully saturated rings. The number of ether oxygens (including phenoxy) is 1. The Bertz CT molecular complexity index is 283. The van der Waals surface area contributed by atoms with Crippen molar-refractivity contribution in [1.29, 1.82) is 0 Å². The Kier molecular flexibility index (Phi) is 10.4. The van der Waals surface area contributed by atoms with E-state index in [0.29, 0.717) is 6.61 Å². The number of hydrogen-bond acceptors (Lipinski definition) is 3. The molecular weight excluding hydrogens is 250 g/mol. The summed E-state index contributed by atoms with van der Waals surface area (Å²) in [5, 5.41) is 0. The fraction of sp³-hybridized carbons (Fsp3) is 0.824. The van der Waals surface area contributed by atoms with Crippen LogP contribution in [0, 0.1) is 5.41 Å². The maximum atomic E-state index is 11.6. The molecule has 0 N–H and O–H groups in total. The summed E-state index contributed by atoms with van der Waals surface area (Å²) in [6.07, 6.45) is 10.8. The molecule has 3 heteroatoms. The van der Waals surface area contributed by atoms with Gasteiger partial charge in [0, 0.05) is 18.0 Å². The highest BCUT2D eigenvalue weighted by Crippen LogP contribution is 2.16. The van der Waals surface area contributed by atoms with Gasteiger partial charge in [0.05, 0.1) is 6.61 Å². The lowest BCUT2D eigenvalue weighted by atomic mass is 9.94. The molecule has 0 aliphatic heterocycles. The van der Waals surface area contributed by atoms with Gasteiger partial charge in [0.25, 0.3) is 0 Å². The van der Waals surface area contributed by atoms with Crippen LogP contribution in [-0.2, 0) is 9.53 Å². The summed E-state index contributed by atoms with van der Waals surface area (Å²) in [5.41, 5.74) is -0.00679. The van der Waals surface area contributed by atoms with Crippen LogP contribution in [0.15, 0.2) is 12.2 Å². The topological polar surface area (TPSA) is 29.5 Å². The predicted octanol–water partition coefficient (Wildman–Crippen LogP) is 4.03. The first-order valence-corrected chi connectivity index (χ1v) is 7.85. The summed E-state index contributed by atoms with van der Waals surface area (Å²) in [4.78, 5) is 13.7. The molecule has 0 aliphatic rings. The van der Waals surface area contributed by atoms with Crippen LogP contribution < -0.4 is 0 Å². The monoisotopic (exact) mass is 283 g/mol. The molecule has 0 aromatic carbocycles. The van der Waals surface area contributed by atoms with E-state index in [4.69, 9.17) is 4.74 Å². The highest BCUT2D eigenvalue weighted by atomic mass is 16.5. The Balaban J connectivity index is 3.72. The van der Waals surface area contributed by atoms with Crippen LogP contribution in [0.25, 0.3) is 0 Å². The molecule has 0 saturated carbocycles. The molecule has 0 saturated heterocycles. The number of carbonyl (C=O) groups is 1. The van der Waals surface area contributed by atoms with Crippen molar-refractivity contribution in [2.75, 3.05) is 27.2 Å². The van der Waals surface area contributed by atoms with Gasteiger partial charge >= 0.3 is 5.97 Å². The van der Waals surface area contributed by atoms with Crippen LogP contribution in [0.3, 0.4) is 0 Å². The molecule has 0 rings (SSSR count). The van der Waals surface area contributed by atoms with E-state index in [1.165, 1.54) is 25.7 Å². The zero-order valence-electron chi connectivity index (χ0n) is 14.1. The summed E-state index contributed by atoms with van der Waals surface area (Å²) in [6.45, 7) is 7.80. The number of nitrogens with zero attached hydrogens (tertiary/aromatic N) is 1. The van der Waals surface area contributed by atoms with Crippen molar-refractivity contribution in [3.8, 4) is 0 Å². The maximum absolute atomic E-state index is 11.6. The second kappa shape index (κ2) is 10.9. The highest BCUT2D eigenvalue weighted by Gasteiger charge is 2.20. The van der Waals surface area contributed by atoms with Gasteiger partial charge in [0.1, 0.15) is 0 Å². The molecule has 0 aromatic heterocycles. The van der Waals surface area contributed by atoms with Crippen molar-refractivity contribution in [3.05, 3.63) is 12.2 Å². The largest absolute Gasteiger partial charge is 0.462 e. The second-order valence-electron chi connectivity index (χ2n) is 6.61. The average Bonchev–Trinajstić information content (AvgIpc) is 2.34. The number of carbonyl (C=O) groups excluding carboxylic acids is 1. The quantitative estimate of drug-likeness (QED) is 0.326. The first-order chi connectivity index (χ1) is 9.37. The number of esters is 1. The molecule has 0 bridgehead atoms. The van der Waals surface area contributed by atoms with Crippen molar-refractivity contribution in [1.82, 2.24) is 4.90 Å². The van der Waals surface area contributed by atoms with Crippen molar-refractivity contribution in [3.63, 3.8) is 0 Å². The average molecular weight is 283 g/mol. The van der Waals surface area contributed by atoms with Gasteiger partial charge in [-0.15, -0.1) is 0 Å². The molecule has 3 nitrogen and oxygen atoms in total. The normalized spacial score (nSPS) is 12.3. The van der Waals surface area contributed by atoms with Crippen molar-refractivity contribution < 1.29 is 9.53 Å². The number of rotatable bonds is 11. The first kappa shape index (κ1) is 19.2. The standard InChI is InChI=1S/C17H33NO2/c1-6-7-8-9-10-11-12-13-16(19)20-15-17(2,3)14-18(4)5/h12-13H,6-11,14-15H2,1-5H3/b13-12+. The van der Waals surface area contributed by atoms with Crippen LogP contribution in [0.4, 0.5) is 0 Å². The molecule has 0 amide bonds. The summed E-state index contributed by atoms with van der Waals surface area (Å²) in [7, 11) is 4.06. The molecule has 0 aromatic rings. The third-order valence-corrected chi connectivity index (χ3v) is 3.08. The van der Waals surface area contributed by atoms with Crippen LogP contribution in [-0.4, -0.2) is 38.1 Å². The van der Waals surface area contributed by atoms with Gasteiger partial charge in [-0.25, -0.2) is 4.79 Å². The van der Waals surface area contributed by atoms with E-state index in [9.17, 15) is 4.79 Å². The van der Waals surface area contributed by atoms with Crippen molar-refractivity contribution >= 4 is 5.97 Å². The van der Waals surface area contributed by atoms with Gasteiger partial charge < -0.3 is 9.64 Å². The predicted molar refractivity (Wildman–Crippen MR) is 85.8 cm³/mol. The first-order valence-electron chi connectivity index (χ1n) is 7.85. The minimum atomic E-state index is -0.217. The third-order valence-electron chi connectivity index (χ3n) is 3.08. The van der Waals surface area contributed by atoms with E-state index in [1.807, 2.05) is 20.2 Å². The molecule has 0 spiro atoms. The van der Waals surface area contributed by atoms with Crippen LogP contribution in [0.2, 0.25) is 0 Å². The van der Waals surface area contributed by atoms with Crippen LogP contribution >= 0.6 is 0 Å². The molecular formula is C17H33NO2. The molecule has 0 unspecified atom stereocenters. The van der Waals surface area contributed by atoms with E-state index in [0.717, 1.165) is 19.4 Å². The molecule has 0 radical (unpaired) electrons. The number of hydrogen-bond donors (Lipinski definition) is 0. The van der Waals surface area contributed by atoms with Crippen LogP contribution in [0.5, 0.6) is 0 Å².